The molecule has 0 aromatic heterocycles. The maximum atomic E-state index is 14.4. The normalized spacial score (nSPS) is 27.8. The molecule has 174 valence electrons. The topological polar surface area (TPSA) is 50.8 Å². The second-order valence-electron chi connectivity index (χ2n) is 8.26. The minimum absolute atomic E-state index is 0. The van der Waals surface area contributed by atoms with Gasteiger partial charge in [0.25, 0.3) is 0 Å². The summed E-state index contributed by atoms with van der Waals surface area (Å²) in [7, 11) is 3.30. The molecule has 0 unspecified atom stereocenters. The third-order valence-corrected chi connectivity index (χ3v) is 6.78. The van der Waals surface area contributed by atoms with Crippen LogP contribution in [-0.4, -0.2) is 57.3 Å². The molecule has 2 aliphatic heterocycles. The summed E-state index contributed by atoms with van der Waals surface area (Å²) in [6, 6.07) is 13.5. The average molecular weight is 467 g/mol. The molecule has 0 bridgehead atoms. The highest BCUT2D eigenvalue weighted by Crippen LogP contribution is 2.39. The molecule has 4 rings (SSSR count). The molecule has 0 saturated carbocycles. The Kier molecular flexibility index (Phi) is 7.88. The lowest BCUT2D eigenvalue weighted by Gasteiger charge is -2.47. The lowest BCUT2D eigenvalue weighted by Crippen LogP contribution is -2.57. The number of rotatable bonds is 5. The molecule has 0 aliphatic carbocycles. The summed E-state index contributed by atoms with van der Waals surface area (Å²) in [6.45, 7) is 1.83. The van der Waals surface area contributed by atoms with E-state index in [1.807, 2.05) is 30.3 Å². The van der Waals surface area contributed by atoms with Crippen LogP contribution in [0.25, 0.3) is 0 Å². The van der Waals surface area contributed by atoms with Crippen molar-refractivity contribution in [3.05, 3.63) is 71.3 Å². The van der Waals surface area contributed by atoms with Gasteiger partial charge in [-0.05, 0) is 17.2 Å². The van der Waals surface area contributed by atoms with Crippen LogP contribution in [0.2, 0.25) is 0 Å². The van der Waals surface area contributed by atoms with E-state index in [0.717, 1.165) is 11.6 Å². The van der Waals surface area contributed by atoms with Gasteiger partial charge in [0.2, 0.25) is 5.91 Å². The molecule has 2 saturated heterocycles. The molecule has 4 atom stereocenters. The predicted octanol–water partition coefficient (Wildman–Crippen LogP) is 3.48. The van der Waals surface area contributed by atoms with Gasteiger partial charge in [0.05, 0.1) is 12.5 Å². The van der Waals surface area contributed by atoms with Gasteiger partial charge in [-0.15, -0.1) is 12.4 Å². The molecular formula is C24H29ClF2N2O3. The zero-order valence-electron chi connectivity index (χ0n) is 18.2. The Bertz CT molecular complexity index is 933. The molecule has 2 aliphatic rings. The Hall–Kier alpha value is -2.06. The fourth-order valence-electron chi connectivity index (χ4n) is 5.07. The van der Waals surface area contributed by atoms with Crippen molar-refractivity contribution in [2.24, 2.45) is 5.92 Å². The Labute approximate surface area is 193 Å². The summed E-state index contributed by atoms with van der Waals surface area (Å²) in [5.74, 6) is -2.02. The number of nitrogens with one attached hydrogen (secondary N) is 1. The summed E-state index contributed by atoms with van der Waals surface area (Å²) in [4.78, 5) is 15.2. The summed E-state index contributed by atoms with van der Waals surface area (Å²) in [6.07, 6.45) is 0.251. The Balaban J connectivity index is 0.00000289. The highest BCUT2D eigenvalue weighted by atomic mass is 35.5. The molecule has 1 N–H and O–H groups in total. The van der Waals surface area contributed by atoms with E-state index in [1.165, 1.54) is 12.1 Å². The molecule has 1 amide bonds. The Morgan fingerprint density at radius 2 is 1.88 bits per heavy atom. The van der Waals surface area contributed by atoms with Crippen LogP contribution >= 0.6 is 12.4 Å². The van der Waals surface area contributed by atoms with Crippen molar-refractivity contribution in [2.75, 3.05) is 40.4 Å². The third kappa shape index (κ3) is 4.39. The van der Waals surface area contributed by atoms with E-state index < -0.39 is 23.2 Å². The van der Waals surface area contributed by atoms with Crippen molar-refractivity contribution in [3.63, 3.8) is 0 Å². The highest BCUT2D eigenvalue weighted by molar-refractivity contribution is 5.85. The minimum Gasteiger partial charge on any atom is -0.376 e. The average Bonchev–Trinajstić information content (AvgIpc) is 3.28. The molecule has 8 heteroatoms. The van der Waals surface area contributed by atoms with Crippen LogP contribution in [0.15, 0.2) is 48.5 Å². The number of hydrogen-bond donors (Lipinski definition) is 1. The number of amides is 1. The second-order valence-corrected chi connectivity index (χ2v) is 8.26. The summed E-state index contributed by atoms with van der Waals surface area (Å²) in [5, 5.41) is 3.20. The molecule has 2 heterocycles. The standard InChI is InChI=1S/C24H28F2N2O3.ClH/c1-30-22-15-28(11-10-24(22,31-2)16-6-4-3-5-7-16)23(29)20-14-27-13-19(20)18-9-8-17(25)12-21(18)26;/h3-9,12,19-20,22,27H,10-11,13-15H2,1-2H3;1H/t19-,20+,22-,24-;/m0./s1. The van der Waals surface area contributed by atoms with E-state index in [2.05, 4.69) is 5.32 Å². The number of piperidine rings is 1. The van der Waals surface area contributed by atoms with E-state index in [1.54, 1.807) is 19.1 Å². The molecule has 0 radical (unpaired) electrons. The SMILES string of the molecule is CO[C@H]1CN(C(=O)[C@@H]2CNC[C@H]2c2ccc(F)cc2F)CC[C@]1(OC)c1ccccc1.Cl. The second kappa shape index (κ2) is 10.3. The number of hydrogen-bond acceptors (Lipinski definition) is 4. The van der Waals surface area contributed by atoms with Crippen LogP contribution in [0.1, 0.15) is 23.5 Å². The van der Waals surface area contributed by atoms with E-state index in [9.17, 15) is 13.6 Å². The van der Waals surface area contributed by atoms with Crippen LogP contribution in [0.4, 0.5) is 8.78 Å². The van der Waals surface area contributed by atoms with Crippen molar-refractivity contribution in [2.45, 2.75) is 24.0 Å². The monoisotopic (exact) mass is 466 g/mol. The Morgan fingerprint density at radius 1 is 1.12 bits per heavy atom. The first-order valence-corrected chi connectivity index (χ1v) is 10.6. The van der Waals surface area contributed by atoms with Crippen LogP contribution in [0, 0.1) is 17.6 Å². The van der Waals surface area contributed by atoms with Crippen LogP contribution in [0.5, 0.6) is 0 Å². The van der Waals surface area contributed by atoms with Gasteiger partial charge in [0.15, 0.2) is 0 Å². The zero-order valence-corrected chi connectivity index (χ0v) is 19.0. The first kappa shape index (κ1) is 24.6. The number of nitrogens with zero attached hydrogens (tertiary/aromatic N) is 1. The van der Waals surface area contributed by atoms with Crippen molar-refractivity contribution in [3.8, 4) is 0 Å². The van der Waals surface area contributed by atoms with Gasteiger partial charge in [-0.3, -0.25) is 4.79 Å². The number of carbonyl (C=O) groups excluding carboxylic acids is 1. The van der Waals surface area contributed by atoms with Gasteiger partial charge in [-0.25, -0.2) is 8.78 Å². The maximum absolute atomic E-state index is 14.4. The third-order valence-electron chi connectivity index (χ3n) is 6.78. The number of halogens is 3. The first-order chi connectivity index (χ1) is 15.0. The quantitative estimate of drug-likeness (QED) is 0.733. The number of likely N-dealkylation sites (tertiary alicyclic amines) is 1. The summed E-state index contributed by atoms with van der Waals surface area (Å²) < 4.78 is 39.5. The smallest absolute Gasteiger partial charge is 0.227 e. The van der Waals surface area contributed by atoms with Gasteiger partial charge < -0.3 is 19.7 Å². The molecule has 2 fully saturated rings. The lowest BCUT2D eigenvalue weighted by atomic mass is 9.80. The number of ether oxygens (including phenoxy) is 2. The fourth-order valence-corrected chi connectivity index (χ4v) is 5.07. The molecule has 5 nitrogen and oxygen atoms in total. The molecule has 32 heavy (non-hydrogen) atoms. The fraction of sp³-hybridized carbons (Fsp3) is 0.458. The number of carbonyl (C=O) groups is 1. The van der Waals surface area contributed by atoms with Gasteiger partial charge in [-0.2, -0.15) is 0 Å². The number of methoxy groups -OCH3 is 2. The molecule has 2 aromatic rings. The summed E-state index contributed by atoms with van der Waals surface area (Å²) in [5.41, 5.74) is 0.759. The van der Waals surface area contributed by atoms with Crippen molar-refractivity contribution < 1.29 is 23.0 Å². The van der Waals surface area contributed by atoms with Crippen LogP contribution in [0.3, 0.4) is 0 Å². The van der Waals surface area contributed by atoms with E-state index in [4.69, 9.17) is 9.47 Å². The van der Waals surface area contributed by atoms with Crippen LogP contribution < -0.4 is 5.32 Å². The van der Waals surface area contributed by atoms with Crippen molar-refractivity contribution in [1.29, 1.82) is 0 Å². The zero-order chi connectivity index (χ0) is 22.0. The predicted molar refractivity (Wildman–Crippen MR) is 120 cm³/mol. The van der Waals surface area contributed by atoms with E-state index >= 15 is 0 Å². The number of benzene rings is 2. The van der Waals surface area contributed by atoms with Crippen molar-refractivity contribution >= 4 is 18.3 Å². The van der Waals surface area contributed by atoms with Crippen molar-refractivity contribution in [1.82, 2.24) is 10.2 Å². The highest BCUT2D eigenvalue weighted by Gasteiger charge is 2.48. The largest absolute Gasteiger partial charge is 0.376 e. The van der Waals surface area contributed by atoms with E-state index in [-0.39, 0.29) is 30.3 Å². The minimum atomic E-state index is -0.636. The van der Waals surface area contributed by atoms with E-state index in [0.29, 0.717) is 38.2 Å². The van der Waals surface area contributed by atoms with Gasteiger partial charge in [-0.1, -0.05) is 36.4 Å². The first-order valence-electron chi connectivity index (χ1n) is 10.6. The van der Waals surface area contributed by atoms with Gasteiger partial charge in [0, 0.05) is 52.3 Å². The Morgan fingerprint density at radius 3 is 2.53 bits per heavy atom. The molecular weight excluding hydrogens is 438 g/mol. The lowest BCUT2D eigenvalue weighted by molar-refractivity contribution is -0.170. The maximum Gasteiger partial charge on any atom is 0.227 e. The summed E-state index contributed by atoms with van der Waals surface area (Å²) >= 11 is 0. The molecule has 2 aromatic carbocycles. The van der Waals surface area contributed by atoms with Crippen LogP contribution in [-0.2, 0) is 19.9 Å². The van der Waals surface area contributed by atoms with Gasteiger partial charge >= 0.3 is 0 Å². The molecule has 0 spiro atoms. The van der Waals surface area contributed by atoms with Gasteiger partial charge in [0.1, 0.15) is 23.3 Å².